The zero-order chi connectivity index (χ0) is 34.8. The Hall–Kier alpha value is -1.77. The van der Waals surface area contributed by atoms with Crippen LogP contribution in [0.4, 0.5) is 4.79 Å². The van der Waals surface area contributed by atoms with Gasteiger partial charge < -0.3 is 19.2 Å². The first kappa shape index (κ1) is 44.4. The Morgan fingerprint density at radius 2 is 1.25 bits per heavy atom. The minimum absolute atomic E-state index is 0.156. The van der Waals surface area contributed by atoms with Gasteiger partial charge in [0.05, 0.1) is 41.3 Å². The van der Waals surface area contributed by atoms with Crippen molar-refractivity contribution in [3.63, 3.8) is 0 Å². The van der Waals surface area contributed by atoms with E-state index in [1.165, 1.54) is 37.0 Å². The van der Waals surface area contributed by atoms with Gasteiger partial charge in [0.2, 0.25) is 5.69 Å². The number of pyridine rings is 1. The molecule has 0 radical (unpaired) electrons. The molecule has 16 nitrogen and oxygen atoms in total. The molecule has 1 rings (SSSR count). The molecule has 1 heterocycles. The lowest BCUT2D eigenvalue weighted by Gasteiger charge is -2.34. The fourth-order valence-electron chi connectivity index (χ4n) is 3.94. The van der Waals surface area contributed by atoms with Gasteiger partial charge in [0.1, 0.15) is 0 Å². The molecular weight excluding hydrogens is 631 g/mol. The Morgan fingerprint density at radius 3 is 1.66 bits per heavy atom. The number of hydrogen-bond acceptors (Lipinski definition) is 13. The van der Waals surface area contributed by atoms with Gasteiger partial charge >= 0.3 is 12.0 Å². The number of aliphatic hydroxyl groups excluding tert-OH is 1. The van der Waals surface area contributed by atoms with Crippen LogP contribution in [0.3, 0.4) is 0 Å². The third-order valence-electron chi connectivity index (χ3n) is 6.46. The van der Waals surface area contributed by atoms with Crippen molar-refractivity contribution in [3.05, 3.63) is 24.0 Å². The average molecular weight is 680 g/mol. The second-order valence-corrected chi connectivity index (χ2v) is 12.8. The van der Waals surface area contributed by atoms with Crippen LogP contribution < -0.4 is 42.0 Å². The molecule has 1 N–H and O–H groups in total. The van der Waals surface area contributed by atoms with Crippen LogP contribution in [-0.2, 0) is 0 Å². The molecule has 0 saturated heterocycles. The van der Waals surface area contributed by atoms with Crippen molar-refractivity contribution in [3.8, 4) is 5.75 Å². The second-order valence-electron chi connectivity index (χ2n) is 11.3. The highest BCUT2D eigenvalue weighted by Crippen LogP contribution is 2.21. The molecule has 0 bridgehead atoms. The van der Waals surface area contributed by atoms with Gasteiger partial charge in [-0.2, -0.15) is 0 Å². The zero-order valence-electron chi connectivity index (χ0n) is 26.6. The molecule has 18 heteroatoms. The van der Waals surface area contributed by atoms with Crippen LogP contribution >= 0.6 is 0 Å². The number of carbonyl (C=O) groups is 2. The molecule has 0 spiro atoms. The summed E-state index contributed by atoms with van der Waals surface area (Å²) < 4.78 is 74.1. The van der Waals surface area contributed by atoms with Gasteiger partial charge in [-0.25, -0.2) is 51.8 Å². The summed E-state index contributed by atoms with van der Waals surface area (Å²) in [6, 6.07) is 3.26. The number of hydrogen-bond donors (Lipinski definition) is 1. The minimum atomic E-state index is -4.94. The summed E-state index contributed by atoms with van der Waals surface area (Å²) in [5.74, 6) is 0.0421. The summed E-state index contributed by atoms with van der Waals surface area (Å²) in [6.07, 6.45) is 10.8. The van der Waals surface area contributed by atoms with Gasteiger partial charge in [-0.15, -0.1) is 20.5 Å². The van der Waals surface area contributed by atoms with E-state index < -0.39 is 26.6 Å². The number of ether oxygens (including phenoxy) is 1. The van der Waals surface area contributed by atoms with Gasteiger partial charge in [-0.3, -0.25) is 4.48 Å². The topological polar surface area (TPSA) is 264 Å². The Morgan fingerprint density at radius 1 is 0.841 bits per heavy atom. The van der Waals surface area contributed by atoms with Gasteiger partial charge in [0, 0.05) is 26.7 Å². The summed E-state index contributed by atoms with van der Waals surface area (Å²) in [6.45, 7) is 3.75. The fourth-order valence-corrected chi connectivity index (χ4v) is 3.94. The maximum atomic E-state index is 13.1. The Labute approximate surface area is 264 Å². The number of aliphatic hydroxyl groups is 1. The molecule has 1 aromatic heterocycles. The molecule has 0 aliphatic carbocycles. The molecule has 2 amide bonds. The zero-order valence-corrected chi connectivity index (χ0v) is 28.1. The Bertz CT molecular complexity index is 934. The number of halogens is 2. The summed E-state index contributed by atoms with van der Waals surface area (Å²) in [7, 11) is 1.26. The van der Waals surface area contributed by atoms with Crippen molar-refractivity contribution in [2.75, 3.05) is 55.4 Å². The van der Waals surface area contributed by atoms with Gasteiger partial charge in [0.15, 0.2) is 12.0 Å². The van der Waals surface area contributed by atoms with Crippen molar-refractivity contribution >= 4 is 12.0 Å². The van der Waals surface area contributed by atoms with E-state index in [9.17, 15) is 14.7 Å². The summed E-state index contributed by atoms with van der Waals surface area (Å²) in [5.41, 5.74) is 0.191. The SMILES string of the molecule is CCC(O)[N+](C)(C)CCCCCCCCCC[N+](C)(C)C(=O)c1ncccc1OC(=O)N(C)C.[O-][Cl+3]([O-])([O-])[O-].[O-][Cl+3]([O-])([O-])[O-]. The average Bonchev–Trinajstić information content (AvgIpc) is 2.87. The predicted molar refractivity (Wildman–Crippen MR) is 135 cm³/mol. The first-order valence-electron chi connectivity index (χ1n) is 13.9. The van der Waals surface area contributed by atoms with E-state index in [0.29, 0.717) is 11.0 Å². The van der Waals surface area contributed by atoms with Crippen molar-refractivity contribution in [1.82, 2.24) is 9.88 Å². The molecule has 258 valence electrons. The first-order chi connectivity index (χ1) is 19.9. The third kappa shape index (κ3) is 24.5. The number of rotatable bonds is 15. The number of amides is 2. The van der Waals surface area contributed by atoms with E-state index in [1.54, 1.807) is 32.4 Å². The van der Waals surface area contributed by atoms with E-state index in [4.69, 9.17) is 42.0 Å². The molecule has 44 heavy (non-hydrogen) atoms. The smallest absolute Gasteiger partial charge is 0.407 e. The lowest BCUT2D eigenvalue weighted by atomic mass is 10.1. The van der Waals surface area contributed by atoms with Crippen LogP contribution in [0.2, 0.25) is 0 Å². The van der Waals surface area contributed by atoms with Gasteiger partial charge in [0.25, 0.3) is 0 Å². The molecule has 1 aromatic rings. The number of unbranched alkanes of at least 4 members (excludes halogenated alkanes) is 7. The van der Waals surface area contributed by atoms with E-state index in [0.717, 1.165) is 32.2 Å². The van der Waals surface area contributed by atoms with Crippen LogP contribution in [0.25, 0.3) is 0 Å². The van der Waals surface area contributed by atoms with E-state index in [1.807, 2.05) is 21.0 Å². The highest BCUT2D eigenvalue weighted by molar-refractivity contribution is 5.90. The third-order valence-corrected chi connectivity index (χ3v) is 6.46. The predicted octanol–water partition coefficient (Wildman–Crippen LogP) is -5.23. The van der Waals surface area contributed by atoms with Crippen LogP contribution in [0.15, 0.2) is 18.3 Å². The van der Waals surface area contributed by atoms with E-state index in [2.05, 4.69) is 19.1 Å². The lowest BCUT2D eigenvalue weighted by molar-refractivity contribution is -2.00. The molecule has 0 aliphatic heterocycles. The quantitative estimate of drug-likeness (QED) is 0.103. The summed E-state index contributed by atoms with van der Waals surface area (Å²) >= 11 is 0. The number of carbonyl (C=O) groups excluding carboxylic acids is 2. The van der Waals surface area contributed by atoms with Crippen molar-refractivity contribution in [2.24, 2.45) is 0 Å². The van der Waals surface area contributed by atoms with Crippen molar-refractivity contribution in [2.45, 2.75) is 70.9 Å². The summed E-state index contributed by atoms with van der Waals surface area (Å²) in [4.78, 5) is 30.6. The monoisotopic (exact) mass is 678 g/mol. The summed E-state index contributed by atoms with van der Waals surface area (Å²) in [5, 5.41) is 10.1. The van der Waals surface area contributed by atoms with Crippen molar-refractivity contribution < 1.29 is 86.2 Å². The molecular formula is C26H48Cl2N4O12. The van der Waals surface area contributed by atoms with Crippen LogP contribution in [0.5, 0.6) is 5.75 Å². The second kappa shape index (κ2) is 21.1. The molecule has 1 atom stereocenters. The van der Waals surface area contributed by atoms with Crippen LogP contribution in [0.1, 0.15) is 75.2 Å². The molecule has 0 saturated carbocycles. The highest BCUT2D eigenvalue weighted by Gasteiger charge is 2.32. The highest BCUT2D eigenvalue weighted by atomic mass is 35.7. The van der Waals surface area contributed by atoms with E-state index >= 15 is 0 Å². The molecule has 1 unspecified atom stereocenters. The number of aromatic nitrogens is 1. The maximum absolute atomic E-state index is 13.1. The maximum Gasteiger partial charge on any atom is 0.414 e. The first-order valence-corrected chi connectivity index (χ1v) is 16.4. The molecule has 0 aliphatic rings. The number of quaternary nitrogens is 2. The normalized spacial score (nSPS) is 12.7. The number of nitrogens with zero attached hydrogens (tertiary/aromatic N) is 4. The minimum Gasteiger partial charge on any atom is -0.407 e. The molecule has 0 fully saturated rings. The largest absolute Gasteiger partial charge is 0.414 e. The lowest BCUT2D eigenvalue weighted by Crippen LogP contribution is -2.68. The van der Waals surface area contributed by atoms with Crippen LogP contribution in [-0.4, -0.2) is 97.6 Å². The fraction of sp³-hybridized carbons (Fsp3) is 0.731. The Balaban J connectivity index is 0. The van der Waals surface area contributed by atoms with E-state index in [-0.39, 0.29) is 28.1 Å². The van der Waals surface area contributed by atoms with Gasteiger partial charge in [-0.05, 0) is 37.8 Å². The molecule has 0 aromatic carbocycles. The standard InChI is InChI=1S/C26H48N4O4.2ClHO4/c1-8-23(31)29(4,5)20-15-13-11-9-10-12-14-16-21-30(6,7)25(32)24-22(18-17-19-27-24)34-26(33)28(2)3;2*2-1(3,4)5/h17-19,23,31H,8-16,20-21H2,1-7H3;2*(H,2,3,4,5)/q+2;;/p-2. The Kier molecular flexibility index (Phi) is 21.3. The van der Waals surface area contributed by atoms with Crippen LogP contribution in [0, 0.1) is 20.5 Å². The van der Waals surface area contributed by atoms with Crippen molar-refractivity contribution in [1.29, 1.82) is 0 Å². The van der Waals surface area contributed by atoms with Gasteiger partial charge in [-0.1, -0.05) is 32.6 Å².